The lowest BCUT2D eigenvalue weighted by molar-refractivity contribution is -0.485. The molecule has 14 nitrogen and oxygen atoms in total. The van der Waals surface area contributed by atoms with Gasteiger partial charge in [-0.05, 0) is 63.7 Å². The van der Waals surface area contributed by atoms with Gasteiger partial charge < -0.3 is 27.0 Å². The van der Waals surface area contributed by atoms with Gasteiger partial charge in [-0.2, -0.15) is 5.26 Å². The van der Waals surface area contributed by atoms with Crippen LogP contribution in [0, 0.1) is 39.2 Å². The number of hydrogen-bond donors (Lipinski definition) is 5. The third-order valence-corrected chi connectivity index (χ3v) is 8.06. The minimum atomic E-state index is -1.05. The van der Waals surface area contributed by atoms with Crippen molar-refractivity contribution in [1.82, 2.24) is 21.3 Å². The average Bonchev–Trinajstić information content (AvgIpc) is 3.51. The fourth-order valence-electron chi connectivity index (χ4n) is 5.79. The number of nitrogens with one attached hydrogen (secondary N) is 4. The molecule has 0 saturated heterocycles. The number of nitro groups is 1. The fraction of sp³-hybridized carbons (Fsp3) is 0.806. The molecule has 254 valence electrons. The summed E-state index contributed by atoms with van der Waals surface area (Å²) in [6.07, 6.45) is 12.0. The third kappa shape index (κ3) is 16.8. The number of carbonyl (C=O) groups excluding carboxylic acids is 4. The number of hydrazone groups is 1. The van der Waals surface area contributed by atoms with Gasteiger partial charge in [0, 0.05) is 25.4 Å². The number of carbonyl (C=O) groups is 4. The van der Waals surface area contributed by atoms with E-state index in [4.69, 9.17) is 11.0 Å². The van der Waals surface area contributed by atoms with Gasteiger partial charge >= 0.3 is 0 Å². The molecule has 0 aromatic carbocycles. The lowest BCUT2D eigenvalue weighted by Gasteiger charge is -2.27. The molecule has 0 aromatic rings. The molecule has 1 aliphatic rings. The Balaban J connectivity index is 3.02. The molecular weight excluding hydrogens is 580 g/mol. The molecule has 1 aliphatic carbocycles. The van der Waals surface area contributed by atoms with Crippen LogP contribution in [0.4, 0.5) is 0 Å². The van der Waals surface area contributed by atoms with E-state index in [2.05, 4.69) is 32.4 Å². The predicted molar refractivity (Wildman–Crippen MR) is 171 cm³/mol. The summed E-state index contributed by atoms with van der Waals surface area (Å²) in [5, 5.41) is 32.1. The summed E-state index contributed by atoms with van der Waals surface area (Å²) < 4.78 is 0. The Morgan fingerprint density at radius 1 is 0.933 bits per heavy atom. The molecule has 1 rings (SSSR count). The third-order valence-electron chi connectivity index (χ3n) is 8.06. The predicted octanol–water partition coefficient (Wildman–Crippen LogP) is 3.03. The van der Waals surface area contributed by atoms with Crippen LogP contribution >= 0.6 is 0 Å². The molecule has 0 radical (unpaired) electrons. The van der Waals surface area contributed by atoms with Crippen LogP contribution in [0.25, 0.3) is 0 Å². The molecule has 14 heteroatoms. The number of nitriles is 1. The second-order valence-electron chi connectivity index (χ2n) is 12.2. The van der Waals surface area contributed by atoms with Crippen LogP contribution in [0.2, 0.25) is 0 Å². The van der Waals surface area contributed by atoms with Gasteiger partial charge in [-0.15, -0.1) is 0 Å². The largest absolute Gasteiger partial charge is 0.365 e. The first-order chi connectivity index (χ1) is 21.5. The Morgan fingerprint density at radius 3 is 2.16 bits per heavy atom. The fourth-order valence-corrected chi connectivity index (χ4v) is 5.79. The average molecular weight is 635 g/mol. The van der Waals surface area contributed by atoms with Crippen LogP contribution in [0.1, 0.15) is 117 Å². The number of unbranched alkanes of at least 4 members (excludes halogenated alkanes) is 6. The highest BCUT2D eigenvalue weighted by atomic mass is 16.7. The molecule has 45 heavy (non-hydrogen) atoms. The quantitative estimate of drug-likeness (QED) is 0.0278. The van der Waals surface area contributed by atoms with E-state index in [1.807, 2.05) is 13.8 Å². The van der Waals surface area contributed by atoms with E-state index in [9.17, 15) is 29.3 Å². The highest BCUT2D eigenvalue weighted by Crippen LogP contribution is 2.34. The number of hydrogen-bond acceptors (Lipinski definition) is 7. The van der Waals surface area contributed by atoms with Crippen LogP contribution in [0.3, 0.4) is 0 Å². The normalized spacial score (nSPS) is 15.5. The van der Waals surface area contributed by atoms with Crippen molar-refractivity contribution in [3.63, 3.8) is 0 Å². The number of ketones is 1. The highest BCUT2D eigenvalue weighted by molar-refractivity contribution is 6.38. The van der Waals surface area contributed by atoms with Crippen LogP contribution in [0.5, 0.6) is 0 Å². The van der Waals surface area contributed by atoms with Gasteiger partial charge in [-0.25, -0.2) is 10.1 Å². The maximum absolute atomic E-state index is 13.8. The van der Waals surface area contributed by atoms with Crippen molar-refractivity contribution < 1.29 is 24.2 Å². The molecule has 0 aromatic heterocycles. The Labute approximate surface area is 267 Å². The minimum absolute atomic E-state index is 0.00728. The Hall–Kier alpha value is -3.76. The number of nitrogens with zero attached hydrogens (tertiary/aromatic N) is 3. The van der Waals surface area contributed by atoms with E-state index in [-0.39, 0.29) is 55.6 Å². The molecule has 1 fully saturated rings. The zero-order valence-corrected chi connectivity index (χ0v) is 27.3. The molecule has 1 saturated carbocycles. The van der Waals surface area contributed by atoms with Gasteiger partial charge in [0.05, 0.1) is 12.1 Å². The van der Waals surface area contributed by atoms with E-state index in [1.165, 1.54) is 0 Å². The van der Waals surface area contributed by atoms with Gasteiger partial charge in [-0.1, -0.05) is 58.8 Å². The summed E-state index contributed by atoms with van der Waals surface area (Å²) in [4.78, 5) is 63.1. The lowest BCUT2D eigenvalue weighted by Crippen LogP contribution is -2.55. The van der Waals surface area contributed by atoms with Gasteiger partial charge in [0.15, 0.2) is 5.03 Å². The highest BCUT2D eigenvalue weighted by Gasteiger charge is 2.34. The Morgan fingerprint density at radius 2 is 1.56 bits per heavy atom. The minimum Gasteiger partial charge on any atom is -0.365 e. The first-order valence-electron chi connectivity index (χ1n) is 16.5. The zero-order chi connectivity index (χ0) is 33.6. The molecule has 6 N–H and O–H groups in total. The SMILES string of the molecule is CCNC(=O)C(=O)C(CC(C)C)NC(=O)[C@@H](CCCN/C(N)=N\[N+](=O)[O-])NC(=O)C(CCCCCCCCC#N)C1CCCC1. The number of likely N-dealkylation sites (N-methyl/N-ethyl adjacent to an activating group) is 1. The van der Waals surface area contributed by atoms with Crippen molar-refractivity contribution in [2.45, 2.75) is 129 Å². The first kappa shape index (κ1) is 39.3. The van der Waals surface area contributed by atoms with Crippen molar-refractivity contribution in [3.8, 4) is 6.07 Å². The van der Waals surface area contributed by atoms with Gasteiger partial charge in [0.25, 0.3) is 11.9 Å². The number of nitrogens with two attached hydrogens (primary N) is 1. The number of rotatable bonds is 23. The van der Waals surface area contributed by atoms with Crippen molar-refractivity contribution in [1.29, 1.82) is 5.26 Å². The smallest absolute Gasteiger partial charge is 0.289 e. The van der Waals surface area contributed by atoms with Crippen molar-refractivity contribution in [2.24, 2.45) is 28.6 Å². The van der Waals surface area contributed by atoms with Crippen molar-refractivity contribution >= 4 is 29.5 Å². The Kier molecular flexibility index (Phi) is 19.8. The molecule has 0 heterocycles. The second-order valence-corrected chi connectivity index (χ2v) is 12.2. The second kappa shape index (κ2) is 22.7. The van der Waals surface area contributed by atoms with Gasteiger partial charge in [0.1, 0.15) is 11.1 Å². The Bertz CT molecular complexity index is 1020. The standard InChI is InChI=1S/C31H54N8O6/c1-4-34-30(43)27(40)26(21-22(2)3)37-29(42)25(18-14-20-35-31(33)38-39(44)45)36-28(41)24(23-15-11-12-16-23)17-10-8-6-5-7-9-13-19-32/h22-26H,4-18,20-21H2,1-3H3,(H,34,43)(H,36,41)(H,37,42)(H3,33,35,38)/t24?,25-,26?/m1/s1. The summed E-state index contributed by atoms with van der Waals surface area (Å²) in [6, 6.07) is 0.123. The van der Waals surface area contributed by atoms with E-state index in [0.717, 1.165) is 64.2 Å². The monoisotopic (exact) mass is 634 g/mol. The summed E-state index contributed by atoms with van der Waals surface area (Å²) in [5.41, 5.74) is 5.50. The van der Waals surface area contributed by atoms with Gasteiger partial charge in [-0.3, -0.25) is 19.2 Å². The van der Waals surface area contributed by atoms with Crippen LogP contribution < -0.4 is 27.0 Å². The number of guanidine groups is 1. The van der Waals surface area contributed by atoms with Crippen molar-refractivity contribution in [2.75, 3.05) is 13.1 Å². The first-order valence-corrected chi connectivity index (χ1v) is 16.5. The number of Topliss-reactive ketones (excluding diaryl/α,β-unsaturated/α-hetero) is 1. The van der Waals surface area contributed by atoms with Crippen molar-refractivity contribution in [3.05, 3.63) is 10.1 Å². The lowest BCUT2D eigenvalue weighted by atomic mass is 9.85. The molecular formula is C31H54N8O6. The summed E-state index contributed by atoms with van der Waals surface area (Å²) in [7, 11) is 0. The molecule has 0 spiro atoms. The maximum atomic E-state index is 13.8. The summed E-state index contributed by atoms with van der Waals surface area (Å²) >= 11 is 0. The van der Waals surface area contributed by atoms with Crippen LogP contribution in [0.15, 0.2) is 5.10 Å². The molecule has 3 amide bonds. The van der Waals surface area contributed by atoms with Gasteiger partial charge in [0.2, 0.25) is 17.6 Å². The van der Waals surface area contributed by atoms with E-state index >= 15 is 0 Å². The molecule has 0 aliphatic heterocycles. The summed E-state index contributed by atoms with van der Waals surface area (Å²) in [6.45, 7) is 5.89. The number of amides is 3. The van der Waals surface area contributed by atoms with E-state index in [1.54, 1.807) is 6.92 Å². The molecule has 0 bridgehead atoms. The van der Waals surface area contributed by atoms with Crippen LogP contribution in [-0.2, 0) is 19.2 Å². The topological polar surface area (TPSA) is 222 Å². The van der Waals surface area contributed by atoms with E-state index < -0.39 is 34.7 Å². The molecule has 2 unspecified atom stereocenters. The van der Waals surface area contributed by atoms with E-state index in [0.29, 0.717) is 19.3 Å². The zero-order valence-electron chi connectivity index (χ0n) is 27.3. The summed E-state index contributed by atoms with van der Waals surface area (Å²) in [5.74, 6) is -2.67. The maximum Gasteiger partial charge on any atom is 0.289 e. The van der Waals surface area contributed by atoms with Crippen LogP contribution in [-0.4, -0.2) is 59.7 Å². The molecule has 3 atom stereocenters.